The van der Waals surface area contributed by atoms with Crippen molar-refractivity contribution in [3.63, 3.8) is 0 Å². The van der Waals surface area contributed by atoms with Crippen LogP contribution >= 0.6 is 0 Å². The Balaban J connectivity index is 1.51. The maximum Gasteiger partial charge on any atom is 0.272 e. The Kier molecular flexibility index (Phi) is 5.62. The second-order valence-electron chi connectivity index (χ2n) is 8.42. The summed E-state index contributed by atoms with van der Waals surface area (Å²) in [4.78, 5) is 19.7. The van der Waals surface area contributed by atoms with Crippen LogP contribution in [0.25, 0.3) is 22.0 Å². The van der Waals surface area contributed by atoms with Gasteiger partial charge in [0.15, 0.2) is 5.69 Å². The Morgan fingerprint density at radius 3 is 2.66 bits per heavy atom. The van der Waals surface area contributed by atoms with Crippen LogP contribution in [0, 0.1) is 5.92 Å². The lowest BCUT2D eigenvalue weighted by Gasteiger charge is -2.28. The Bertz CT molecular complexity index is 984. The van der Waals surface area contributed by atoms with E-state index in [9.17, 15) is 4.79 Å². The molecule has 6 nitrogen and oxygen atoms in total. The van der Waals surface area contributed by atoms with Gasteiger partial charge in [0, 0.05) is 29.4 Å². The van der Waals surface area contributed by atoms with Gasteiger partial charge < -0.3 is 10.2 Å². The first kappa shape index (κ1) is 19.6. The largest absolute Gasteiger partial charge is 0.350 e. The number of carbonyl (C=O) groups excluding carboxylic acids is 1. The Morgan fingerprint density at radius 1 is 1.21 bits per heavy atom. The number of amides is 1. The highest BCUT2D eigenvalue weighted by Crippen LogP contribution is 2.26. The molecule has 1 aromatic carbocycles. The molecule has 6 heteroatoms. The van der Waals surface area contributed by atoms with Gasteiger partial charge in [0.05, 0.1) is 5.52 Å². The number of pyridine rings is 1. The summed E-state index contributed by atoms with van der Waals surface area (Å²) in [5.74, 6) is 0.835. The molecule has 1 amide bonds. The average molecular weight is 392 g/mol. The Labute approximate surface area is 171 Å². The second kappa shape index (κ2) is 8.33. The predicted octanol–water partition coefficient (Wildman–Crippen LogP) is 3.82. The van der Waals surface area contributed by atoms with Crippen LogP contribution in [0.3, 0.4) is 0 Å². The number of H-pyrrole nitrogens is 1. The van der Waals surface area contributed by atoms with E-state index in [0.717, 1.165) is 53.7 Å². The van der Waals surface area contributed by atoms with E-state index in [1.165, 1.54) is 0 Å². The van der Waals surface area contributed by atoms with Crippen molar-refractivity contribution in [1.29, 1.82) is 0 Å². The lowest BCUT2D eigenvalue weighted by molar-refractivity contribution is 0.0935. The second-order valence-corrected chi connectivity index (χ2v) is 8.42. The smallest absolute Gasteiger partial charge is 0.272 e. The zero-order valence-electron chi connectivity index (χ0n) is 17.4. The number of rotatable bonds is 5. The quantitative estimate of drug-likeness (QED) is 0.693. The highest BCUT2D eigenvalue weighted by atomic mass is 16.1. The minimum Gasteiger partial charge on any atom is -0.350 e. The van der Waals surface area contributed by atoms with Gasteiger partial charge in [-0.05, 0) is 68.6 Å². The number of carbonyl (C=O) groups is 1. The number of hydrogen-bond acceptors (Lipinski definition) is 4. The van der Waals surface area contributed by atoms with Crippen molar-refractivity contribution in [2.45, 2.75) is 32.6 Å². The number of nitrogens with one attached hydrogen (secondary N) is 2. The van der Waals surface area contributed by atoms with E-state index in [2.05, 4.69) is 58.4 Å². The number of hydrogen-bond donors (Lipinski definition) is 2. The van der Waals surface area contributed by atoms with E-state index in [1.807, 2.05) is 24.4 Å². The molecular weight excluding hydrogens is 362 g/mol. The summed E-state index contributed by atoms with van der Waals surface area (Å²) in [7, 11) is 2.15. The third-order valence-electron chi connectivity index (χ3n) is 5.88. The van der Waals surface area contributed by atoms with Crippen molar-refractivity contribution in [3.05, 3.63) is 47.9 Å². The Morgan fingerprint density at radius 2 is 1.97 bits per heavy atom. The number of likely N-dealkylation sites (tertiary alicyclic amines) is 1. The standard InChI is InChI=1S/C23H29N5O/c1-15(2)20-6-5-18(14-24-20)17-4-7-21-19(12-17)22(27-26-21)23(29)25-13-16-8-10-28(3)11-9-16/h4-7,12,14-16H,8-11,13H2,1-3H3,(H,25,29)(H,26,27). The molecule has 0 aliphatic carbocycles. The summed E-state index contributed by atoms with van der Waals surface area (Å²) in [6.07, 6.45) is 4.15. The predicted molar refractivity (Wildman–Crippen MR) is 116 cm³/mol. The molecule has 3 aromatic rings. The van der Waals surface area contributed by atoms with Crippen molar-refractivity contribution >= 4 is 16.8 Å². The van der Waals surface area contributed by atoms with E-state index in [4.69, 9.17) is 0 Å². The number of fused-ring (bicyclic) bond motifs is 1. The van der Waals surface area contributed by atoms with Gasteiger partial charge in [0.25, 0.3) is 5.91 Å². The highest BCUT2D eigenvalue weighted by Gasteiger charge is 2.20. The fraction of sp³-hybridized carbons (Fsp3) is 0.435. The number of aromatic amines is 1. The van der Waals surface area contributed by atoms with Crippen LogP contribution in [-0.4, -0.2) is 52.7 Å². The summed E-state index contributed by atoms with van der Waals surface area (Å²) in [6, 6.07) is 10.2. The molecular formula is C23H29N5O. The fourth-order valence-electron chi connectivity index (χ4n) is 3.87. The fourth-order valence-corrected chi connectivity index (χ4v) is 3.87. The highest BCUT2D eigenvalue weighted by molar-refractivity contribution is 6.05. The lowest BCUT2D eigenvalue weighted by atomic mass is 9.97. The maximum atomic E-state index is 12.8. The third kappa shape index (κ3) is 4.32. The molecule has 2 aromatic heterocycles. The molecule has 0 atom stereocenters. The van der Waals surface area contributed by atoms with Crippen molar-refractivity contribution in [1.82, 2.24) is 25.4 Å². The molecule has 1 aliphatic heterocycles. The van der Waals surface area contributed by atoms with E-state index >= 15 is 0 Å². The van der Waals surface area contributed by atoms with Gasteiger partial charge in [-0.25, -0.2) is 0 Å². The van der Waals surface area contributed by atoms with E-state index in [1.54, 1.807) is 0 Å². The van der Waals surface area contributed by atoms with Gasteiger partial charge >= 0.3 is 0 Å². The van der Waals surface area contributed by atoms with Crippen LogP contribution in [0.1, 0.15) is 48.8 Å². The molecule has 0 unspecified atom stereocenters. The van der Waals surface area contributed by atoms with E-state index in [-0.39, 0.29) is 5.91 Å². The third-order valence-corrected chi connectivity index (χ3v) is 5.88. The molecule has 4 rings (SSSR count). The number of piperidine rings is 1. The number of aromatic nitrogens is 3. The summed E-state index contributed by atoms with van der Waals surface area (Å²) in [6.45, 7) is 7.17. The van der Waals surface area contributed by atoms with Crippen molar-refractivity contribution in [3.8, 4) is 11.1 Å². The zero-order valence-corrected chi connectivity index (χ0v) is 17.4. The van der Waals surface area contributed by atoms with Gasteiger partial charge in [-0.1, -0.05) is 26.0 Å². The van der Waals surface area contributed by atoms with Crippen LogP contribution in [0.2, 0.25) is 0 Å². The van der Waals surface area contributed by atoms with Crippen molar-refractivity contribution in [2.75, 3.05) is 26.7 Å². The van der Waals surface area contributed by atoms with Crippen LogP contribution < -0.4 is 5.32 Å². The van der Waals surface area contributed by atoms with Gasteiger partial charge in [0.2, 0.25) is 0 Å². The molecule has 0 saturated carbocycles. The molecule has 152 valence electrons. The zero-order chi connectivity index (χ0) is 20.4. The lowest BCUT2D eigenvalue weighted by Crippen LogP contribution is -2.37. The SMILES string of the molecule is CC(C)c1ccc(-c2ccc3[nH]nc(C(=O)NCC4CCN(C)CC4)c3c2)cn1. The normalized spacial score (nSPS) is 15.9. The molecule has 2 N–H and O–H groups in total. The van der Waals surface area contributed by atoms with Gasteiger partial charge in [-0.3, -0.25) is 14.9 Å². The summed E-state index contributed by atoms with van der Waals surface area (Å²) in [5.41, 5.74) is 4.47. The van der Waals surface area contributed by atoms with Crippen LogP contribution in [0.5, 0.6) is 0 Å². The molecule has 0 bridgehead atoms. The summed E-state index contributed by atoms with van der Waals surface area (Å²) >= 11 is 0. The Hall–Kier alpha value is -2.73. The van der Waals surface area contributed by atoms with E-state index < -0.39 is 0 Å². The topological polar surface area (TPSA) is 73.9 Å². The van der Waals surface area contributed by atoms with Crippen molar-refractivity contribution in [2.24, 2.45) is 5.92 Å². The first-order valence-electron chi connectivity index (χ1n) is 10.4. The maximum absolute atomic E-state index is 12.8. The monoisotopic (exact) mass is 391 g/mol. The molecule has 1 aliphatic rings. The van der Waals surface area contributed by atoms with Gasteiger partial charge in [-0.2, -0.15) is 5.10 Å². The minimum atomic E-state index is -0.111. The average Bonchev–Trinajstić information content (AvgIpc) is 3.16. The van der Waals surface area contributed by atoms with Crippen LogP contribution in [0.15, 0.2) is 36.5 Å². The first-order valence-corrected chi connectivity index (χ1v) is 10.4. The van der Waals surface area contributed by atoms with Crippen LogP contribution in [-0.2, 0) is 0 Å². The van der Waals surface area contributed by atoms with E-state index in [0.29, 0.717) is 24.1 Å². The molecule has 1 saturated heterocycles. The van der Waals surface area contributed by atoms with Crippen molar-refractivity contribution < 1.29 is 4.79 Å². The molecule has 0 radical (unpaired) electrons. The van der Waals surface area contributed by atoms with Gasteiger partial charge in [0.1, 0.15) is 0 Å². The summed E-state index contributed by atoms with van der Waals surface area (Å²) in [5, 5.41) is 11.2. The summed E-state index contributed by atoms with van der Waals surface area (Å²) < 4.78 is 0. The number of nitrogens with zero attached hydrogens (tertiary/aromatic N) is 3. The molecule has 0 spiro atoms. The molecule has 1 fully saturated rings. The first-order chi connectivity index (χ1) is 14.0. The minimum absolute atomic E-state index is 0.111. The van der Waals surface area contributed by atoms with Crippen LogP contribution in [0.4, 0.5) is 0 Å². The number of benzene rings is 1. The molecule has 3 heterocycles. The van der Waals surface area contributed by atoms with Gasteiger partial charge in [-0.15, -0.1) is 0 Å². The molecule has 29 heavy (non-hydrogen) atoms.